The lowest BCUT2D eigenvalue weighted by Gasteiger charge is -2.17. The molecule has 1 aliphatic heterocycles. The van der Waals surface area contributed by atoms with Crippen LogP contribution in [0.5, 0.6) is 0 Å². The molecule has 0 aliphatic carbocycles. The van der Waals surface area contributed by atoms with Gasteiger partial charge in [-0.15, -0.1) is 0 Å². The summed E-state index contributed by atoms with van der Waals surface area (Å²) >= 11 is 11.9. The van der Waals surface area contributed by atoms with Crippen LogP contribution in [0.2, 0.25) is 10.0 Å². The molecule has 7 heteroatoms. The standard InChI is InChI=1S/C10H10Cl2N4O/c11-6-2-1-3-7(12)8(6)15-10(17)16-5-4-14-9(16)13/h1-3H,4-5H2,(H2,13,14)(H,15,17). The maximum atomic E-state index is 11.9. The molecular formula is C10H10Cl2N4O. The molecule has 0 bridgehead atoms. The number of amides is 2. The smallest absolute Gasteiger partial charge is 0.328 e. The average molecular weight is 273 g/mol. The first-order valence-electron chi connectivity index (χ1n) is 4.92. The quantitative estimate of drug-likeness (QED) is 0.823. The van der Waals surface area contributed by atoms with Crippen molar-refractivity contribution in [1.82, 2.24) is 4.90 Å². The van der Waals surface area contributed by atoms with Crippen LogP contribution in [-0.2, 0) is 0 Å². The first-order chi connectivity index (χ1) is 8.09. The number of hydrogen-bond acceptors (Lipinski definition) is 3. The number of hydrogen-bond donors (Lipinski definition) is 2. The summed E-state index contributed by atoms with van der Waals surface area (Å²) < 4.78 is 0. The van der Waals surface area contributed by atoms with Gasteiger partial charge in [-0.2, -0.15) is 0 Å². The molecule has 0 spiro atoms. The van der Waals surface area contributed by atoms with Gasteiger partial charge >= 0.3 is 6.03 Å². The second kappa shape index (κ2) is 4.81. The monoisotopic (exact) mass is 272 g/mol. The van der Waals surface area contributed by atoms with Gasteiger partial charge in [0.05, 0.1) is 28.8 Å². The molecule has 2 rings (SSSR count). The number of nitrogens with two attached hydrogens (primary N) is 1. The lowest BCUT2D eigenvalue weighted by molar-refractivity contribution is 0.236. The highest BCUT2D eigenvalue weighted by Crippen LogP contribution is 2.30. The van der Waals surface area contributed by atoms with E-state index >= 15 is 0 Å². The second-order valence-electron chi connectivity index (χ2n) is 3.42. The minimum atomic E-state index is -0.390. The lowest BCUT2D eigenvalue weighted by atomic mass is 10.3. The summed E-state index contributed by atoms with van der Waals surface area (Å²) in [6.45, 7) is 0.968. The number of carbonyl (C=O) groups excluding carboxylic acids is 1. The molecule has 0 unspecified atom stereocenters. The molecule has 1 aliphatic rings. The van der Waals surface area contributed by atoms with Gasteiger partial charge in [0.25, 0.3) is 0 Å². The number of nitrogens with one attached hydrogen (secondary N) is 1. The number of halogens is 2. The number of urea groups is 1. The van der Waals surface area contributed by atoms with Gasteiger partial charge in [0.15, 0.2) is 5.96 Å². The van der Waals surface area contributed by atoms with Gasteiger partial charge in [-0.05, 0) is 12.1 Å². The van der Waals surface area contributed by atoms with Crippen molar-refractivity contribution in [3.05, 3.63) is 28.2 Å². The van der Waals surface area contributed by atoms with Crippen LogP contribution in [0.4, 0.5) is 10.5 Å². The van der Waals surface area contributed by atoms with E-state index in [9.17, 15) is 4.79 Å². The predicted molar refractivity (Wildman–Crippen MR) is 68.7 cm³/mol. The zero-order valence-electron chi connectivity index (χ0n) is 8.78. The second-order valence-corrected chi connectivity index (χ2v) is 4.23. The maximum Gasteiger partial charge on any atom is 0.328 e. The van der Waals surface area contributed by atoms with E-state index in [1.165, 1.54) is 4.90 Å². The van der Waals surface area contributed by atoms with Crippen molar-refractivity contribution >= 4 is 40.9 Å². The predicted octanol–water partition coefficient (Wildman–Crippen LogP) is 2.16. The van der Waals surface area contributed by atoms with Crippen molar-refractivity contribution in [2.75, 3.05) is 18.4 Å². The summed E-state index contributed by atoms with van der Waals surface area (Å²) in [7, 11) is 0. The van der Waals surface area contributed by atoms with Crippen molar-refractivity contribution in [1.29, 1.82) is 0 Å². The van der Waals surface area contributed by atoms with Crippen LogP contribution in [0.1, 0.15) is 0 Å². The Labute approximate surface area is 108 Å². The summed E-state index contributed by atoms with van der Waals surface area (Å²) in [4.78, 5) is 17.1. The van der Waals surface area contributed by atoms with Gasteiger partial charge in [-0.1, -0.05) is 29.3 Å². The molecule has 0 radical (unpaired) electrons. The Kier molecular flexibility index (Phi) is 3.40. The molecular weight excluding hydrogens is 263 g/mol. The van der Waals surface area contributed by atoms with E-state index in [4.69, 9.17) is 28.9 Å². The number of anilines is 1. The number of nitrogens with zero attached hydrogens (tertiary/aromatic N) is 2. The van der Waals surface area contributed by atoms with Gasteiger partial charge in [-0.25, -0.2) is 4.79 Å². The molecule has 5 nitrogen and oxygen atoms in total. The normalized spacial score (nSPS) is 14.7. The van der Waals surface area contributed by atoms with Crippen LogP contribution >= 0.6 is 23.2 Å². The minimum Gasteiger partial charge on any atom is -0.369 e. The van der Waals surface area contributed by atoms with Crippen LogP contribution < -0.4 is 11.1 Å². The van der Waals surface area contributed by atoms with Gasteiger partial charge < -0.3 is 11.1 Å². The molecule has 0 fully saturated rings. The molecule has 0 atom stereocenters. The van der Waals surface area contributed by atoms with E-state index in [1.54, 1.807) is 18.2 Å². The van der Waals surface area contributed by atoms with Gasteiger partial charge in [0, 0.05) is 0 Å². The Morgan fingerprint density at radius 1 is 1.41 bits per heavy atom. The van der Waals surface area contributed by atoms with Crippen molar-refractivity contribution < 1.29 is 4.79 Å². The highest BCUT2D eigenvalue weighted by Gasteiger charge is 2.22. The molecule has 1 heterocycles. The third-order valence-corrected chi connectivity index (χ3v) is 2.94. The van der Waals surface area contributed by atoms with E-state index < -0.39 is 6.03 Å². The maximum absolute atomic E-state index is 11.9. The van der Waals surface area contributed by atoms with E-state index in [0.29, 0.717) is 28.8 Å². The third kappa shape index (κ3) is 2.45. The SMILES string of the molecule is NC1=NCCN1C(=O)Nc1c(Cl)cccc1Cl. The Morgan fingerprint density at radius 2 is 2.06 bits per heavy atom. The molecule has 0 saturated heterocycles. The van der Waals surface area contributed by atoms with Gasteiger partial charge in [0.1, 0.15) is 0 Å². The van der Waals surface area contributed by atoms with Crippen molar-refractivity contribution in [3.63, 3.8) is 0 Å². The number of para-hydroxylation sites is 1. The van der Waals surface area contributed by atoms with Crippen LogP contribution in [-0.4, -0.2) is 30.0 Å². The fourth-order valence-electron chi connectivity index (χ4n) is 1.46. The van der Waals surface area contributed by atoms with Gasteiger partial charge in [-0.3, -0.25) is 9.89 Å². The van der Waals surface area contributed by atoms with E-state index in [0.717, 1.165) is 0 Å². The number of guanidine groups is 1. The Balaban J connectivity index is 2.16. The van der Waals surface area contributed by atoms with Crippen molar-refractivity contribution in [2.45, 2.75) is 0 Å². The van der Waals surface area contributed by atoms with E-state index in [1.807, 2.05) is 0 Å². The highest BCUT2D eigenvalue weighted by molar-refractivity contribution is 6.39. The Morgan fingerprint density at radius 3 is 2.59 bits per heavy atom. The average Bonchev–Trinajstić information content (AvgIpc) is 2.70. The molecule has 17 heavy (non-hydrogen) atoms. The number of aliphatic imine (C=N–C) groups is 1. The number of carbonyl (C=O) groups is 1. The topological polar surface area (TPSA) is 70.7 Å². The molecule has 3 N–H and O–H groups in total. The molecule has 1 aromatic rings. The lowest BCUT2D eigenvalue weighted by Crippen LogP contribution is -2.41. The van der Waals surface area contributed by atoms with E-state index in [-0.39, 0.29) is 5.96 Å². The van der Waals surface area contributed by atoms with Gasteiger partial charge in [0.2, 0.25) is 0 Å². The van der Waals surface area contributed by atoms with Crippen LogP contribution in [0.25, 0.3) is 0 Å². The van der Waals surface area contributed by atoms with Crippen LogP contribution in [0, 0.1) is 0 Å². The molecule has 2 amide bonds. The number of rotatable bonds is 1. The largest absolute Gasteiger partial charge is 0.369 e. The zero-order chi connectivity index (χ0) is 12.4. The number of benzene rings is 1. The highest BCUT2D eigenvalue weighted by atomic mass is 35.5. The summed E-state index contributed by atoms with van der Waals surface area (Å²) in [5, 5.41) is 3.36. The summed E-state index contributed by atoms with van der Waals surface area (Å²) in [6.07, 6.45) is 0. The fourth-order valence-corrected chi connectivity index (χ4v) is 1.95. The third-order valence-electron chi connectivity index (χ3n) is 2.31. The Bertz CT molecular complexity index is 469. The van der Waals surface area contributed by atoms with Crippen LogP contribution in [0.15, 0.2) is 23.2 Å². The van der Waals surface area contributed by atoms with Crippen LogP contribution in [0.3, 0.4) is 0 Å². The summed E-state index contributed by atoms with van der Waals surface area (Å²) in [6, 6.07) is 4.60. The fraction of sp³-hybridized carbons (Fsp3) is 0.200. The molecule has 90 valence electrons. The zero-order valence-corrected chi connectivity index (χ0v) is 10.3. The minimum absolute atomic E-state index is 0.200. The van der Waals surface area contributed by atoms with Crippen molar-refractivity contribution in [2.24, 2.45) is 10.7 Å². The molecule has 0 aromatic heterocycles. The summed E-state index contributed by atoms with van der Waals surface area (Å²) in [5.41, 5.74) is 5.93. The summed E-state index contributed by atoms with van der Waals surface area (Å²) in [5.74, 6) is 0.200. The molecule has 1 aromatic carbocycles. The first kappa shape index (κ1) is 12.0. The molecule has 0 saturated carbocycles. The first-order valence-corrected chi connectivity index (χ1v) is 5.67. The van der Waals surface area contributed by atoms with Crippen molar-refractivity contribution in [3.8, 4) is 0 Å². The Hall–Kier alpha value is -1.46. The van der Waals surface area contributed by atoms with E-state index in [2.05, 4.69) is 10.3 Å².